The molecule has 0 atom stereocenters. The predicted molar refractivity (Wildman–Crippen MR) is 91.9 cm³/mol. The number of carbonyl (C=O) groups excluding carboxylic acids is 3. The van der Waals surface area contributed by atoms with Crippen molar-refractivity contribution >= 4 is 35.9 Å². The standard InChI is InChI=1S/C16H20N4O3.ClH/c21-14-9-18-16(23)20(14)10-11-2-1-3-13(8-11)19-15(22)12-4-6-17-7-5-12;/h1-3,8,12,17H,4-7,9-10H2,(H,18,23)(H,19,22);1H. The fourth-order valence-electron chi connectivity index (χ4n) is 2.87. The number of imide groups is 1. The Kier molecular flexibility index (Phi) is 6.16. The Labute approximate surface area is 146 Å². The molecule has 130 valence electrons. The monoisotopic (exact) mass is 352 g/mol. The highest BCUT2D eigenvalue weighted by molar-refractivity contribution is 6.01. The summed E-state index contributed by atoms with van der Waals surface area (Å²) in [6.45, 7) is 1.99. The summed E-state index contributed by atoms with van der Waals surface area (Å²) >= 11 is 0. The molecule has 2 aliphatic rings. The first-order valence-corrected chi connectivity index (χ1v) is 7.82. The second-order valence-corrected chi connectivity index (χ2v) is 5.85. The van der Waals surface area contributed by atoms with Crippen molar-refractivity contribution < 1.29 is 14.4 Å². The van der Waals surface area contributed by atoms with E-state index in [-0.39, 0.29) is 49.3 Å². The van der Waals surface area contributed by atoms with Crippen molar-refractivity contribution in [3.63, 3.8) is 0 Å². The maximum Gasteiger partial charge on any atom is 0.324 e. The van der Waals surface area contributed by atoms with E-state index in [2.05, 4.69) is 16.0 Å². The molecule has 3 rings (SSSR count). The molecule has 0 aliphatic carbocycles. The highest BCUT2D eigenvalue weighted by Gasteiger charge is 2.28. The van der Waals surface area contributed by atoms with Crippen LogP contribution in [-0.4, -0.2) is 42.4 Å². The molecule has 0 radical (unpaired) electrons. The van der Waals surface area contributed by atoms with Gasteiger partial charge in [0.15, 0.2) is 0 Å². The molecule has 2 saturated heterocycles. The van der Waals surface area contributed by atoms with Crippen LogP contribution in [0.2, 0.25) is 0 Å². The summed E-state index contributed by atoms with van der Waals surface area (Å²) < 4.78 is 0. The van der Waals surface area contributed by atoms with Crippen molar-refractivity contribution in [1.29, 1.82) is 0 Å². The lowest BCUT2D eigenvalue weighted by molar-refractivity contribution is -0.125. The number of nitrogens with zero attached hydrogens (tertiary/aromatic N) is 1. The van der Waals surface area contributed by atoms with E-state index in [1.54, 1.807) is 6.07 Å². The van der Waals surface area contributed by atoms with E-state index in [0.29, 0.717) is 5.69 Å². The Balaban J connectivity index is 0.00000208. The van der Waals surface area contributed by atoms with Crippen LogP contribution in [0.1, 0.15) is 18.4 Å². The second kappa shape index (κ2) is 8.12. The largest absolute Gasteiger partial charge is 0.329 e. The molecule has 3 N–H and O–H groups in total. The summed E-state index contributed by atoms with van der Waals surface area (Å²) in [4.78, 5) is 36.6. The van der Waals surface area contributed by atoms with Crippen LogP contribution in [-0.2, 0) is 16.1 Å². The molecule has 2 aliphatic heterocycles. The molecular formula is C16H21ClN4O3. The van der Waals surface area contributed by atoms with E-state index in [0.717, 1.165) is 31.5 Å². The van der Waals surface area contributed by atoms with Gasteiger partial charge in [-0.15, -0.1) is 12.4 Å². The lowest BCUT2D eigenvalue weighted by Crippen LogP contribution is -2.34. The lowest BCUT2D eigenvalue weighted by atomic mass is 9.97. The molecule has 24 heavy (non-hydrogen) atoms. The average molecular weight is 353 g/mol. The van der Waals surface area contributed by atoms with Crippen molar-refractivity contribution in [1.82, 2.24) is 15.5 Å². The van der Waals surface area contributed by atoms with E-state index in [1.165, 1.54) is 4.90 Å². The summed E-state index contributed by atoms with van der Waals surface area (Å²) in [6.07, 6.45) is 1.68. The summed E-state index contributed by atoms with van der Waals surface area (Å²) in [5.74, 6) is -0.177. The predicted octanol–water partition coefficient (Wildman–Crippen LogP) is 1.10. The minimum atomic E-state index is -0.376. The van der Waals surface area contributed by atoms with Gasteiger partial charge < -0.3 is 16.0 Å². The number of piperidine rings is 1. The van der Waals surface area contributed by atoms with Gasteiger partial charge in [-0.05, 0) is 43.6 Å². The van der Waals surface area contributed by atoms with Gasteiger partial charge in [0.05, 0.1) is 13.1 Å². The molecule has 0 bridgehead atoms. The first kappa shape index (κ1) is 18.2. The summed E-state index contributed by atoms with van der Waals surface area (Å²) in [6, 6.07) is 6.89. The zero-order valence-electron chi connectivity index (χ0n) is 13.2. The summed E-state index contributed by atoms with van der Waals surface area (Å²) in [7, 11) is 0. The number of halogens is 1. The number of hydrogen-bond donors (Lipinski definition) is 3. The summed E-state index contributed by atoms with van der Waals surface area (Å²) in [5.41, 5.74) is 1.50. The number of rotatable bonds is 4. The molecule has 2 heterocycles. The molecule has 8 heteroatoms. The normalized spacial score (nSPS) is 18.1. The van der Waals surface area contributed by atoms with E-state index in [9.17, 15) is 14.4 Å². The van der Waals surface area contributed by atoms with Crippen LogP contribution in [0, 0.1) is 5.92 Å². The number of anilines is 1. The Hall–Kier alpha value is -2.12. The Bertz CT molecular complexity index is 616. The SMILES string of the molecule is Cl.O=C(Nc1cccc(CN2C(=O)CNC2=O)c1)C1CCNCC1. The van der Waals surface area contributed by atoms with E-state index >= 15 is 0 Å². The van der Waals surface area contributed by atoms with Gasteiger partial charge in [0.25, 0.3) is 0 Å². The fourth-order valence-corrected chi connectivity index (χ4v) is 2.87. The topological polar surface area (TPSA) is 90.5 Å². The van der Waals surface area contributed by atoms with Crippen LogP contribution in [0.3, 0.4) is 0 Å². The van der Waals surface area contributed by atoms with Gasteiger partial charge >= 0.3 is 6.03 Å². The molecule has 0 spiro atoms. The van der Waals surface area contributed by atoms with Gasteiger partial charge in [0, 0.05) is 11.6 Å². The smallest absolute Gasteiger partial charge is 0.324 e. The average Bonchev–Trinajstić information content (AvgIpc) is 2.88. The van der Waals surface area contributed by atoms with Crippen LogP contribution in [0.4, 0.5) is 10.5 Å². The van der Waals surface area contributed by atoms with Gasteiger partial charge in [-0.3, -0.25) is 14.5 Å². The Morgan fingerprint density at radius 3 is 2.67 bits per heavy atom. The highest BCUT2D eigenvalue weighted by Crippen LogP contribution is 2.18. The molecule has 1 aromatic rings. The van der Waals surface area contributed by atoms with Crippen molar-refractivity contribution in [2.75, 3.05) is 25.0 Å². The van der Waals surface area contributed by atoms with Gasteiger partial charge in [-0.2, -0.15) is 0 Å². The van der Waals surface area contributed by atoms with Gasteiger partial charge in [-0.1, -0.05) is 12.1 Å². The first-order chi connectivity index (χ1) is 11.1. The van der Waals surface area contributed by atoms with Crippen molar-refractivity contribution in [2.45, 2.75) is 19.4 Å². The molecular weight excluding hydrogens is 332 g/mol. The number of hydrogen-bond acceptors (Lipinski definition) is 4. The Morgan fingerprint density at radius 2 is 2.00 bits per heavy atom. The van der Waals surface area contributed by atoms with Crippen LogP contribution >= 0.6 is 12.4 Å². The van der Waals surface area contributed by atoms with Crippen LogP contribution < -0.4 is 16.0 Å². The minimum absolute atomic E-state index is 0. The highest BCUT2D eigenvalue weighted by atomic mass is 35.5. The van der Waals surface area contributed by atoms with Crippen LogP contribution in [0.5, 0.6) is 0 Å². The van der Waals surface area contributed by atoms with E-state index in [4.69, 9.17) is 0 Å². The Morgan fingerprint density at radius 1 is 1.25 bits per heavy atom. The number of carbonyl (C=O) groups is 3. The maximum atomic E-state index is 12.3. The zero-order chi connectivity index (χ0) is 16.2. The van der Waals surface area contributed by atoms with Gasteiger partial charge in [0.1, 0.15) is 0 Å². The molecule has 0 unspecified atom stereocenters. The van der Waals surface area contributed by atoms with Crippen LogP contribution in [0.25, 0.3) is 0 Å². The summed E-state index contributed by atoms with van der Waals surface area (Å²) in [5, 5.41) is 8.66. The molecule has 7 nitrogen and oxygen atoms in total. The van der Waals surface area contributed by atoms with Gasteiger partial charge in [-0.25, -0.2) is 4.79 Å². The zero-order valence-corrected chi connectivity index (χ0v) is 14.0. The number of urea groups is 1. The number of nitrogens with one attached hydrogen (secondary N) is 3. The maximum absolute atomic E-state index is 12.3. The minimum Gasteiger partial charge on any atom is -0.329 e. The molecule has 0 saturated carbocycles. The van der Waals surface area contributed by atoms with Crippen molar-refractivity contribution in [3.05, 3.63) is 29.8 Å². The number of amides is 4. The third-order valence-electron chi connectivity index (χ3n) is 4.18. The van der Waals surface area contributed by atoms with Gasteiger partial charge in [0.2, 0.25) is 11.8 Å². The van der Waals surface area contributed by atoms with Crippen LogP contribution in [0.15, 0.2) is 24.3 Å². The quantitative estimate of drug-likeness (QED) is 0.708. The third kappa shape index (κ3) is 4.24. The van der Waals surface area contributed by atoms with Crippen molar-refractivity contribution in [3.8, 4) is 0 Å². The molecule has 1 aromatic carbocycles. The second-order valence-electron chi connectivity index (χ2n) is 5.85. The third-order valence-corrected chi connectivity index (χ3v) is 4.18. The van der Waals surface area contributed by atoms with Crippen molar-refractivity contribution in [2.24, 2.45) is 5.92 Å². The molecule has 0 aromatic heterocycles. The molecule has 2 fully saturated rings. The van der Waals surface area contributed by atoms with E-state index in [1.807, 2.05) is 18.2 Å². The van der Waals surface area contributed by atoms with E-state index < -0.39 is 0 Å². The fraction of sp³-hybridized carbons (Fsp3) is 0.438. The lowest BCUT2D eigenvalue weighted by Gasteiger charge is -2.22. The molecule has 4 amide bonds. The first-order valence-electron chi connectivity index (χ1n) is 7.82. The number of benzene rings is 1.